The highest BCUT2D eigenvalue weighted by atomic mass is 35.5. The number of rotatable bonds is 6. The molecule has 1 fully saturated rings. The van der Waals surface area contributed by atoms with Crippen LogP contribution in [0.15, 0.2) is 24.4 Å². The fourth-order valence-corrected chi connectivity index (χ4v) is 2.75. The predicted molar refractivity (Wildman–Crippen MR) is 97.6 cm³/mol. The van der Waals surface area contributed by atoms with Crippen LogP contribution in [0.3, 0.4) is 0 Å². The van der Waals surface area contributed by atoms with Crippen molar-refractivity contribution in [1.29, 1.82) is 0 Å². The highest BCUT2D eigenvalue weighted by Crippen LogP contribution is 2.27. The molecule has 0 aliphatic heterocycles. The van der Waals surface area contributed by atoms with Gasteiger partial charge in [-0.05, 0) is 38.3 Å². The Hall–Kier alpha value is -2.54. The number of nitrogens with one attached hydrogen (secondary N) is 3. The number of H-pyrrole nitrogens is 1. The van der Waals surface area contributed by atoms with E-state index in [2.05, 4.69) is 20.6 Å². The Balaban J connectivity index is 1.80. The van der Waals surface area contributed by atoms with Crippen molar-refractivity contribution in [3.63, 3.8) is 0 Å². The van der Waals surface area contributed by atoms with Gasteiger partial charge in [0.15, 0.2) is 5.75 Å². The Bertz CT molecular complexity index is 799. The third kappa shape index (κ3) is 3.99. The standard InChI is InChI=1S/C18H21ClN4O3/c1-10(13-7-6-11(19)9-21-13)26-15-8-14(23-16(15)18(25)20-2)17(24)22-12-4-3-5-12/h6-10,12,23H,3-5H2,1-2H3,(H,20,25)(H,22,24)/t10-/m1/s1. The molecule has 1 aliphatic rings. The van der Waals surface area contributed by atoms with Crippen LogP contribution in [0.2, 0.25) is 5.02 Å². The molecule has 1 saturated carbocycles. The van der Waals surface area contributed by atoms with Crippen molar-refractivity contribution >= 4 is 23.4 Å². The number of hydrogen-bond donors (Lipinski definition) is 3. The van der Waals surface area contributed by atoms with Gasteiger partial charge in [0.2, 0.25) is 0 Å². The second-order valence-corrected chi connectivity index (χ2v) is 6.70. The molecule has 0 saturated heterocycles. The molecule has 0 aromatic carbocycles. The zero-order chi connectivity index (χ0) is 18.7. The number of amides is 2. The monoisotopic (exact) mass is 376 g/mol. The van der Waals surface area contributed by atoms with E-state index >= 15 is 0 Å². The van der Waals surface area contributed by atoms with E-state index in [0.717, 1.165) is 19.3 Å². The van der Waals surface area contributed by atoms with Gasteiger partial charge in [0, 0.05) is 25.4 Å². The molecular formula is C18H21ClN4O3. The van der Waals surface area contributed by atoms with Gasteiger partial charge in [-0.1, -0.05) is 11.6 Å². The molecule has 26 heavy (non-hydrogen) atoms. The topological polar surface area (TPSA) is 96.1 Å². The summed E-state index contributed by atoms with van der Waals surface area (Å²) in [4.78, 5) is 31.6. The number of hydrogen-bond acceptors (Lipinski definition) is 4. The second kappa shape index (κ2) is 7.78. The molecule has 3 N–H and O–H groups in total. The van der Waals surface area contributed by atoms with Gasteiger partial charge in [-0.15, -0.1) is 0 Å². The van der Waals surface area contributed by atoms with Crippen molar-refractivity contribution in [2.45, 2.75) is 38.3 Å². The largest absolute Gasteiger partial charge is 0.482 e. The van der Waals surface area contributed by atoms with Crippen LogP contribution in [0.5, 0.6) is 5.75 Å². The summed E-state index contributed by atoms with van der Waals surface area (Å²) in [6.45, 7) is 1.81. The number of aromatic amines is 1. The van der Waals surface area contributed by atoms with Crippen LogP contribution < -0.4 is 15.4 Å². The minimum Gasteiger partial charge on any atom is -0.482 e. The van der Waals surface area contributed by atoms with E-state index in [0.29, 0.717) is 22.2 Å². The quantitative estimate of drug-likeness (QED) is 0.722. The normalized spacial score (nSPS) is 15.0. The van der Waals surface area contributed by atoms with Crippen molar-refractivity contribution in [1.82, 2.24) is 20.6 Å². The Morgan fingerprint density at radius 1 is 1.35 bits per heavy atom. The molecular weight excluding hydrogens is 356 g/mol. The maximum absolute atomic E-state index is 12.4. The molecule has 138 valence electrons. The molecule has 2 heterocycles. The molecule has 2 aromatic rings. The van der Waals surface area contributed by atoms with Crippen molar-refractivity contribution in [3.05, 3.63) is 46.5 Å². The summed E-state index contributed by atoms with van der Waals surface area (Å²) in [7, 11) is 1.52. The summed E-state index contributed by atoms with van der Waals surface area (Å²) in [5.41, 5.74) is 1.16. The lowest BCUT2D eigenvalue weighted by Gasteiger charge is -2.25. The van der Waals surface area contributed by atoms with Crippen LogP contribution in [0.4, 0.5) is 0 Å². The lowest BCUT2D eigenvalue weighted by atomic mass is 9.93. The number of pyridine rings is 1. The highest BCUT2D eigenvalue weighted by molar-refractivity contribution is 6.30. The van der Waals surface area contributed by atoms with Crippen molar-refractivity contribution < 1.29 is 14.3 Å². The van der Waals surface area contributed by atoms with Crippen molar-refractivity contribution in [2.24, 2.45) is 0 Å². The minimum atomic E-state index is -0.422. The highest BCUT2D eigenvalue weighted by Gasteiger charge is 2.25. The van der Waals surface area contributed by atoms with Gasteiger partial charge in [0.05, 0.1) is 10.7 Å². The van der Waals surface area contributed by atoms with Crippen LogP contribution in [0.1, 0.15) is 59.0 Å². The zero-order valence-corrected chi connectivity index (χ0v) is 15.4. The maximum atomic E-state index is 12.4. The third-order valence-electron chi connectivity index (χ3n) is 4.39. The van der Waals surface area contributed by atoms with Crippen molar-refractivity contribution in [2.75, 3.05) is 7.05 Å². The van der Waals surface area contributed by atoms with Gasteiger partial charge in [0.25, 0.3) is 11.8 Å². The van der Waals surface area contributed by atoms with Gasteiger partial charge in [-0.25, -0.2) is 0 Å². The van der Waals surface area contributed by atoms with E-state index in [4.69, 9.17) is 16.3 Å². The first kappa shape index (κ1) is 18.3. The number of ether oxygens (including phenoxy) is 1. The van der Waals surface area contributed by atoms with Gasteiger partial charge in [-0.2, -0.15) is 0 Å². The Morgan fingerprint density at radius 2 is 2.12 bits per heavy atom. The maximum Gasteiger partial charge on any atom is 0.271 e. The van der Waals surface area contributed by atoms with Crippen LogP contribution >= 0.6 is 11.6 Å². The van der Waals surface area contributed by atoms with E-state index in [-0.39, 0.29) is 23.6 Å². The summed E-state index contributed by atoms with van der Waals surface area (Å²) >= 11 is 5.85. The number of halogens is 1. The fraction of sp³-hybridized carbons (Fsp3) is 0.389. The Morgan fingerprint density at radius 3 is 2.69 bits per heavy atom. The lowest BCUT2D eigenvalue weighted by Crippen LogP contribution is -2.39. The Kier molecular flexibility index (Phi) is 5.46. The van der Waals surface area contributed by atoms with E-state index in [1.54, 1.807) is 18.2 Å². The fourth-order valence-electron chi connectivity index (χ4n) is 2.64. The van der Waals surface area contributed by atoms with Gasteiger partial charge in [0.1, 0.15) is 17.5 Å². The molecule has 0 spiro atoms. The molecule has 7 nitrogen and oxygen atoms in total. The van der Waals surface area contributed by atoms with Gasteiger partial charge in [-0.3, -0.25) is 14.6 Å². The summed E-state index contributed by atoms with van der Waals surface area (Å²) in [5, 5.41) is 6.01. The Labute approximate surface area is 156 Å². The molecule has 0 bridgehead atoms. The predicted octanol–water partition coefficient (Wildman–Crippen LogP) is 2.85. The molecule has 1 aliphatic carbocycles. The summed E-state index contributed by atoms with van der Waals surface area (Å²) < 4.78 is 5.89. The first-order valence-corrected chi connectivity index (χ1v) is 8.89. The first-order valence-electron chi connectivity index (χ1n) is 8.52. The summed E-state index contributed by atoms with van der Waals surface area (Å²) in [5.74, 6) is -0.307. The number of carbonyl (C=O) groups is 2. The number of carbonyl (C=O) groups excluding carboxylic acids is 2. The first-order chi connectivity index (χ1) is 12.5. The summed E-state index contributed by atoms with van der Waals surface area (Å²) in [6, 6.07) is 5.22. The van der Waals surface area contributed by atoms with Crippen LogP contribution in [0, 0.1) is 0 Å². The lowest BCUT2D eigenvalue weighted by molar-refractivity contribution is 0.0912. The SMILES string of the molecule is CNC(=O)c1[nH]c(C(=O)NC2CCC2)cc1O[C@H](C)c1ccc(Cl)cn1. The molecule has 3 rings (SSSR count). The van der Waals surface area contributed by atoms with E-state index in [1.807, 2.05) is 6.92 Å². The van der Waals surface area contributed by atoms with Crippen molar-refractivity contribution in [3.8, 4) is 5.75 Å². The number of nitrogens with zero attached hydrogens (tertiary/aromatic N) is 1. The minimum absolute atomic E-state index is 0.201. The smallest absolute Gasteiger partial charge is 0.271 e. The van der Waals surface area contributed by atoms with Crippen LogP contribution in [0.25, 0.3) is 0 Å². The van der Waals surface area contributed by atoms with E-state index in [9.17, 15) is 9.59 Å². The molecule has 2 amide bonds. The zero-order valence-electron chi connectivity index (χ0n) is 14.6. The third-order valence-corrected chi connectivity index (χ3v) is 4.61. The molecule has 0 unspecified atom stereocenters. The average molecular weight is 377 g/mol. The van der Waals surface area contributed by atoms with Gasteiger partial charge >= 0.3 is 0 Å². The molecule has 1 atom stereocenters. The van der Waals surface area contributed by atoms with Crippen LogP contribution in [-0.4, -0.2) is 34.9 Å². The number of aromatic nitrogens is 2. The van der Waals surface area contributed by atoms with Crippen LogP contribution in [-0.2, 0) is 0 Å². The average Bonchev–Trinajstić information content (AvgIpc) is 3.01. The second-order valence-electron chi connectivity index (χ2n) is 6.26. The van der Waals surface area contributed by atoms with E-state index < -0.39 is 6.10 Å². The van der Waals surface area contributed by atoms with E-state index in [1.165, 1.54) is 13.2 Å². The van der Waals surface area contributed by atoms with Gasteiger partial charge < -0.3 is 20.4 Å². The molecule has 2 aromatic heterocycles. The molecule has 8 heteroatoms. The molecule has 0 radical (unpaired) electrons. The summed E-state index contributed by atoms with van der Waals surface area (Å²) in [6.07, 6.45) is 4.20.